The first-order chi connectivity index (χ1) is 8.13. The van der Waals surface area contributed by atoms with E-state index in [4.69, 9.17) is 38.5 Å². The molecule has 0 fully saturated rings. The van der Waals surface area contributed by atoms with Gasteiger partial charge >= 0.3 is 17.9 Å². The molecular formula is C10H16Cl2O6. The molecule has 0 amide bonds. The molecule has 0 atom stereocenters. The average Bonchev–Trinajstić information content (AvgIpc) is 2.24. The van der Waals surface area contributed by atoms with Gasteiger partial charge < -0.3 is 15.3 Å². The molecule has 0 heterocycles. The number of alkyl halides is 2. The van der Waals surface area contributed by atoms with Crippen molar-refractivity contribution in [1.82, 2.24) is 0 Å². The van der Waals surface area contributed by atoms with Crippen molar-refractivity contribution >= 4 is 41.1 Å². The van der Waals surface area contributed by atoms with E-state index < -0.39 is 22.2 Å². The summed E-state index contributed by atoms with van der Waals surface area (Å²) in [5, 5.41) is 24.2. The van der Waals surface area contributed by atoms with Crippen LogP contribution in [0.1, 0.15) is 39.0 Å². The van der Waals surface area contributed by atoms with E-state index in [1.54, 1.807) is 0 Å². The molecule has 0 saturated carbocycles. The lowest BCUT2D eigenvalue weighted by molar-refractivity contribution is -0.143. The highest BCUT2D eigenvalue weighted by atomic mass is 35.5. The Bertz CT molecular complexity index is 276. The summed E-state index contributed by atoms with van der Waals surface area (Å²) in [6, 6.07) is 0. The number of hydrogen-bond acceptors (Lipinski definition) is 3. The van der Waals surface area contributed by atoms with Crippen LogP contribution in [0.5, 0.6) is 0 Å². The molecule has 0 saturated heterocycles. The predicted octanol–water partition coefficient (Wildman–Crippen LogP) is 2.37. The Hall–Kier alpha value is -1.01. The molecule has 0 radical (unpaired) electrons. The molecule has 0 bridgehead atoms. The average molecular weight is 303 g/mol. The molecule has 0 aliphatic carbocycles. The molecule has 0 spiro atoms. The van der Waals surface area contributed by atoms with E-state index in [0.717, 1.165) is 12.8 Å². The maximum Gasteiger partial charge on any atom is 0.340 e. The van der Waals surface area contributed by atoms with Gasteiger partial charge in [-0.1, -0.05) is 43.0 Å². The molecule has 0 aromatic heterocycles. The van der Waals surface area contributed by atoms with Crippen LogP contribution in [0.3, 0.4) is 0 Å². The van der Waals surface area contributed by atoms with Gasteiger partial charge in [-0.3, -0.25) is 9.59 Å². The van der Waals surface area contributed by atoms with E-state index in [9.17, 15) is 14.4 Å². The monoisotopic (exact) mass is 302 g/mol. The molecule has 8 heteroatoms. The first kappa shape index (κ1) is 19.3. The molecule has 18 heavy (non-hydrogen) atoms. The summed E-state index contributed by atoms with van der Waals surface area (Å²) < 4.78 is -1.59. The second-order valence-electron chi connectivity index (χ2n) is 3.40. The number of carboxylic acids is 3. The van der Waals surface area contributed by atoms with Crippen molar-refractivity contribution in [2.24, 2.45) is 0 Å². The van der Waals surface area contributed by atoms with Crippen molar-refractivity contribution in [2.45, 2.75) is 43.4 Å². The summed E-state index contributed by atoms with van der Waals surface area (Å²) >= 11 is 10.8. The van der Waals surface area contributed by atoms with E-state index in [2.05, 4.69) is 0 Å². The number of hydrogen-bond donors (Lipinski definition) is 3. The standard InChI is InChI=1S/C6H10Cl2O2.C4H6O4/c1-2-3-4-6(7,8)5(9)10;5-3(6)1-2-4(7)8/h2-4H2,1H3,(H,9,10);1-2H2,(H,5,6)(H,7,8). The van der Waals surface area contributed by atoms with Crippen molar-refractivity contribution in [2.75, 3.05) is 0 Å². The molecule has 0 aliphatic heterocycles. The van der Waals surface area contributed by atoms with Crippen molar-refractivity contribution < 1.29 is 29.7 Å². The number of unbranched alkanes of at least 4 members (excludes halogenated alkanes) is 1. The summed E-state index contributed by atoms with van der Waals surface area (Å²) in [5.74, 6) is -3.32. The van der Waals surface area contributed by atoms with Gasteiger partial charge in [0.25, 0.3) is 0 Å². The van der Waals surface area contributed by atoms with Crippen LogP contribution in [0.2, 0.25) is 0 Å². The molecule has 6 nitrogen and oxygen atoms in total. The lowest BCUT2D eigenvalue weighted by atomic mass is 10.2. The minimum absolute atomic E-state index is 0.296. The van der Waals surface area contributed by atoms with Gasteiger partial charge in [0.15, 0.2) is 0 Å². The Morgan fingerprint density at radius 3 is 1.61 bits per heavy atom. The molecule has 0 aliphatic rings. The fourth-order valence-electron chi connectivity index (χ4n) is 0.720. The minimum Gasteiger partial charge on any atom is -0.481 e. The first-order valence-corrected chi connectivity index (χ1v) is 5.93. The summed E-state index contributed by atoms with van der Waals surface area (Å²) in [4.78, 5) is 29.5. The fourth-order valence-corrected chi connectivity index (χ4v) is 0.987. The van der Waals surface area contributed by atoms with Crippen LogP contribution in [0, 0.1) is 0 Å². The van der Waals surface area contributed by atoms with Gasteiger partial charge in [-0.05, 0) is 6.42 Å². The Morgan fingerprint density at radius 2 is 1.39 bits per heavy atom. The zero-order valence-electron chi connectivity index (χ0n) is 9.86. The fraction of sp³-hybridized carbons (Fsp3) is 0.700. The highest BCUT2D eigenvalue weighted by Crippen LogP contribution is 2.27. The van der Waals surface area contributed by atoms with Crippen LogP contribution >= 0.6 is 23.2 Å². The number of halogens is 2. The van der Waals surface area contributed by atoms with Crippen molar-refractivity contribution in [1.29, 1.82) is 0 Å². The summed E-state index contributed by atoms with van der Waals surface area (Å²) in [7, 11) is 0. The maximum absolute atomic E-state index is 10.3. The highest BCUT2D eigenvalue weighted by Gasteiger charge is 2.32. The van der Waals surface area contributed by atoms with Gasteiger partial charge in [-0.25, -0.2) is 4.79 Å². The third-order valence-corrected chi connectivity index (χ3v) is 2.41. The number of aliphatic carboxylic acids is 3. The topological polar surface area (TPSA) is 112 Å². The molecule has 0 rings (SSSR count). The largest absolute Gasteiger partial charge is 0.481 e. The molecule has 0 aromatic carbocycles. The zero-order valence-corrected chi connectivity index (χ0v) is 11.4. The predicted molar refractivity (Wildman–Crippen MR) is 66.1 cm³/mol. The molecule has 3 N–H and O–H groups in total. The third kappa shape index (κ3) is 13.1. The number of carboxylic acid groups (broad SMARTS) is 3. The minimum atomic E-state index is -1.59. The quantitative estimate of drug-likeness (QED) is 0.622. The summed E-state index contributed by atoms with van der Waals surface area (Å²) in [6.45, 7) is 1.95. The Balaban J connectivity index is 0. The normalized spacial score (nSPS) is 10.2. The first-order valence-electron chi connectivity index (χ1n) is 5.18. The van der Waals surface area contributed by atoms with Crippen LogP contribution in [0.15, 0.2) is 0 Å². The van der Waals surface area contributed by atoms with Crippen molar-refractivity contribution in [3.8, 4) is 0 Å². The van der Waals surface area contributed by atoms with Crippen molar-refractivity contribution in [3.05, 3.63) is 0 Å². The van der Waals surface area contributed by atoms with Crippen LogP contribution in [0.25, 0.3) is 0 Å². The molecule has 0 unspecified atom stereocenters. The van der Waals surface area contributed by atoms with Crippen molar-refractivity contribution in [3.63, 3.8) is 0 Å². The van der Waals surface area contributed by atoms with Gasteiger partial charge in [0, 0.05) is 0 Å². The van der Waals surface area contributed by atoms with Gasteiger partial charge in [-0.2, -0.15) is 0 Å². The Morgan fingerprint density at radius 1 is 1.00 bits per heavy atom. The van der Waals surface area contributed by atoms with Gasteiger partial charge in [0.2, 0.25) is 4.33 Å². The second-order valence-corrected chi connectivity index (χ2v) is 4.88. The van der Waals surface area contributed by atoms with Crippen LogP contribution < -0.4 is 0 Å². The van der Waals surface area contributed by atoms with Crippen LogP contribution in [-0.4, -0.2) is 37.6 Å². The van der Waals surface area contributed by atoms with E-state index in [1.165, 1.54) is 0 Å². The SMILES string of the molecule is CCCCC(Cl)(Cl)C(=O)O.O=C(O)CCC(=O)O. The Labute approximate surface area is 115 Å². The summed E-state index contributed by atoms with van der Waals surface area (Å²) in [6.07, 6.45) is 1.35. The van der Waals surface area contributed by atoms with Gasteiger partial charge in [-0.15, -0.1) is 0 Å². The lowest BCUT2D eigenvalue weighted by Crippen LogP contribution is -2.24. The second kappa shape index (κ2) is 9.96. The molecule has 0 aromatic rings. The highest BCUT2D eigenvalue weighted by molar-refractivity contribution is 6.57. The smallest absolute Gasteiger partial charge is 0.340 e. The van der Waals surface area contributed by atoms with E-state index >= 15 is 0 Å². The number of rotatable bonds is 7. The van der Waals surface area contributed by atoms with E-state index in [1.807, 2.05) is 6.92 Å². The third-order valence-electron chi connectivity index (χ3n) is 1.71. The lowest BCUT2D eigenvalue weighted by Gasteiger charge is -2.12. The molecule has 106 valence electrons. The van der Waals surface area contributed by atoms with Gasteiger partial charge in [0.05, 0.1) is 12.8 Å². The van der Waals surface area contributed by atoms with E-state index in [-0.39, 0.29) is 12.8 Å². The summed E-state index contributed by atoms with van der Waals surface area (Å²) in [5.41, 5.74) is 0. The van der Waals surface area contributed by atoms with E-state index in [0.29, 0.717) is 6.42 Å². The van der Waals surface area contributed by atoms with Crippen LogP contribution in [-0.2, 0) is 14.4 Å². The molecular weight excluding hydrogens is 287 g/mol. The maximum atomic E-state index is 10.3. The van der Waals surface area contributed by atoms with Gasteiger partial charge in [0.1, 0.15) is 0 Å². The van der Waals surface area contributed by atoms with Crippen LogP contribution in [0.4, 0.5) is 0 Å². The Kier molecular flexibility index (Phi) is 10.7. The number of carbonyl (C=O) groups is 3. The zero-order chi connectivity index (χ0) is 14.8.